The van der Waals surface area contributed by atoms with E-state index in [1.165, 1.54) is 0 Å². The third kappa shape index (κ3) is 3.40. The van der Waals surface area contributed by atoms with Crippen LogP contribution in [0.3, 0.4) is 0 Å². The van der Waals surface area contributed by atoms with E-state index < -0.39 is 5.97 Å². The molecule has 1 aromatic carbocycles. The highest BCUT2D eigenvalue weighted by molar-refractivity contribution is 5.90. The standard InChI is InChI=1S/C14H19N3O3/c1-16(2)12-5-3-4-11(7-12)15-14(20)17-8-10(9-17)6-13(18)19/h3-5,7,10H,6,8-9H2,1-2H3,(H,15,20)(H,18,19). The first-order chi connectivity index (χ1) is 9.45. The number of anilines is 2. The van der Waals surface area contributed by atoms with Crippen LogP contribution in [-0.4, -0.2) is 49.2 Å². The molecule has 0 radical (unpaired) electrons. The number of carboxylic acid groups (broad SMARTS) is 1. The largest absolute Gasteiger partial charge is 0.481 e. The molecule has 0 aromatic heterocycles. The molecule has 2 amide bonds. The second-order valence-electron chi connectivity index (χ2n) is 5.24. The van der Waals surface area contributed by atoms with E-state index in [9.17, 15) is 9.59 Å². The Balaban J connectivity index is 1.87. The number of carboxylic acids is 1. The fourth-order valence-electron chi connectivity index (χ4n) is 2.18. The van der Waals surface area contributed by atoms with E-state index >= 15 is 0 Å². The van der Waals surface area contributed by atoms with Gasteiger partial charge in [0.05, 0.1) is 6.42 Å². The van der Waals surface area contributed by atoms with E-state index in [4.69, 9.17) is 5.11 Å². The smallest absolute Gasteiger partial charge is 0.321 e. The zero-order valence-electron chi connectivity index (χ0n) is 11.7. The molecule has 0 bridgehead atoms. The average molecular weight is 277 g/mol. The maximum absolute atomic E-state index is 12.0. The zero-order chi connectivity index (χ0) is 14.7. The van der Waals surface area contributed by atoms with Gasteiger partial charge in [-0.15, -0.1) is 0 Å². The summed E-state index contributed by atoms with van der Waals surface area (Å²) in [7, 11) is 3.87. The Kier molecular flexibility index (Phi) is 4.12. The molecule has 108 valence electrons. The summed E-state index contributed by atoms with van der Waals surface area (Å²) in [6, 6.07) is 7.39. The van der Waals surface area contributed by atoms with Crippen molar-refractivity contribution >= 4 is 23.4 Å². The van der Waals surface area contributed by atoms with Crippen LogP contribution in [0.25, 0.3) is 0 Å². The van der Waals surface area contributed by atoms with Gasteiger partial charge in [0, 0.05) is 44.5 Å². The van der Waals surface area contributed by atoms with Gasteiger partial charge in [0.15, 0.2) is 0 Å². The Morgan fingerprint density at radius 1 is 1.40 bits per heavy atom. The van der Waals surface area contributed by atoms with E-state index in [0.29, 0.717) is 13.1 Å². The van der Waals surface area contributed by atoms with Gasteiger partial charge in [-0.05, 0) is 18.2 Å². The van der Waals surface area contributed by atoms with Crippen molar-refractivity contribution < 1.29 is 14.7 Å². The predicted molar refractivity (Wildman–Crippen MR) is 77.1 cm³/mol. The molecule has 0 saturated carbocycles. The van der Waals surface area contributed by atoms with Gasteiger partial charge in [0.1, 0.15) is 0 Å². The van der Waals surface area contributed by atoms with Crippen LogP contribution in [0.15, 0.2) is 24.3 Å². The molecule has 1 aliphatic heterocycles. The summed E-state index contributed by atoms with van der Waals surface area (Å²) in [5.74, 6) is -0.736. The van der Waals surface area contributed by atoms with Crippen LogP contribution >= 0.6 is 0 Å². The summed E-state index contributed by atoms with van der Waals surface area (Å²) < 4.78 is 0. The van der Waals surface area contributed by atoms with Crippen molar-refractivity contribution in [2.45, 2.75) is 6.42 Å². The fraction of sp³-hybridized carbons (Fsp3) is 0.429. The molecule has 2 N–H and O–H groups in total. The monoisotopic (exact) mass is 277 g/mol. The molecule has 1 aliphatic rings. The number of carbonyl (C=O) groups excluding carboxylic acids is 1. The molecular weight excluding hydrogens is 258 g/mol. The number of urea groups is 1. The maximum atomic E-state index is 12.0. The second kappa shape index (κ2) is 5.81. The third-order valence-corrected chi connectivity index (χ3v) is 3.32. The van der Waals surface area contributed by atoms with Crippen LogP contribution in [0.1, 0.15) is 6.42 Å². The number of amides is 2. The van der Waals surface area contributed by atoms with E-state index in [1.807, 2.05) is 43.3 Å². The molecule has 1 fully saturated rings. The number of aliphatic carboxylic acids is 1. The second-order valence-corrected chi connectivity index (χ2v) is 5.24. The first-order valence-electron chi connectivity index (χ1n) is 6.51. The van der Waals surface area contributed by atoms with Gasteiger partial charge in [-0.25, -0.2) is 4.79 Å². The molecule has 1 saturated heterocycles. The lowest BCUT2D eigenvalue weighted by Gasteiger charge is -2.38. The molecule has 1 aromatic rings. The number of rotatable bonds is 4. The van der Waals surface area contributed by atoms with Crippen LogP contribution in [0.2, 0.25) is 0 Å². The summed E-state index contributed by atoms with van der Waals surface area (Å²) in [5, 5.41) is 11.5. The summed E-state index contributed by atoms with van der Waals surface area (Å²) in [4.78, 5) is 26.1. The Labute approximate surface area is 118 Å². The summed E-state index contributed by atoms with van der Waals surface area (Å²) in [6.45, 7) is 1.01. The normalized spacial score (nSPS) is 14.6. The zero-order valence-corrected chi connectivity index (χ0v) is 11.7. The lowest BCUT2D eigenvalue weighted by Crippen LogP contribution is -2.52. The van der Waals surface area contributed by atoms with Crippen molar-refractivity contribution in [3.8, 4) is 0 Å². The summed E-state index contributed by atoms with van der Waals surface area (Å²) in [6.07, 6.45) is 0.125. The number of hydrogen-bond acceptors (Lipinski definition) is 3. The molecular formula is C14H19N3O3. The minimum absolute atomic E-state index is 0.0753. The number of carbonyl (C=O) groups is 2. The van der Waals surface area contributed by atoms with Gasteiger partial charge in [-0.3, -0.25) is 4.79 Å². The topological polar surface area (TPSA) is 72.9 Å². The van der Waals surface area contributed by atoms with Crippen LogP contribution < -0.4 is 10.2 Å². The van der Waals surface area contributed by atoms with E-state index in [-0.39, 0.29) is 18.4 Å². The van der Waals surface area contributed by atoms with Gasteiger partial charge in [-0.2, -0.15) is 0 Å². The highest BCUT2D eigenvalue weighted by Crippen LogP contribution is 2.22. The van der Waals surface area contributed by atoms with E-state index in [0.717, 1.165) is 11.4 Å². The Hall–Kier alpha value is -2.24. The predicted octanol–water partition coefficient (Wildman–Crippen LogP) is 1.69. The van der Waals surface area contributed by atoms with Gasteiger partial charge in [0.2, 0.25) is 0 Å². The molecule has 20 heavy (non-hydrogen) atoms. The van der Waals surface area contributed by atoms with Crippen molar-refractivity contribution in [2.75, 3.05) is 37.4 Å². The average Bonchev–Trinajstić information content (AvgIpc) is 2.33. The molecule has 0 atom stereocenters. The Morgan fingerprint density at radius 3 is 2.70 bits per heavy atom. The Morgan fingerprint density at radius 2 is 2.10 bits per heavy atom. The van der Waals surface area contributed by atoms with Crippen molar-refractivity contribution in [1.29, 1.82) is 0 Å². The van der Waals surface area contributed by atoms with Crippen LogP contribution in [0.4, 0.5) is 16.2 Å². The highest BCUT2D eigenvalue weighted by Gasteiger charge is 2.32. The van der Waals surface area contributed by atoms with Gasteiger partial charge >= 0.3 is 12.0 Å². The number of nitrogens with one attached hydrogen (secondary N) is 1. The maximum Gasteiger partial charge on any atom is 0.321 e. The van der Waals surface area contributed by atoms with Crippen LogP contribution in [0.5, 0.6) is 0 Å². The van der Waals surface area contributed by atoms with Crippen molar-refractivity contribution in [1.82, 2.24) is 4.90 Å². The quantitative estimate of drug-likeness (QED) is 0.878. The number of likely N-dealkylation sites (tertiary alicyclic amines) is 1. The van der Waals surface area contributed by atoms with Crippen LogP contribution in [-0.2, 0) is 4.79 Å². The third-order valence-electron chi connectivity index (χ3n) is 3.32. The van der Waals surface area contributed by atoms with Gasteiger partial charge < -0.3 is 20.2 Å². The first kappa shape index (κ1) is 14.2. The molecule has 6 heteroatoms. The number of benzene rings is 1. The minimum atomic E-state index is -0.811. The minimum Gasteiger partial charge on any atom is -0.481 e. The highest BCUT2D eigenvalue weighted by atomic mass is 16.4. The number of hydrogen-bond donors (Lipinski definition) is 2. The molecule has 2 rings (SSSR count). The Bertz CT molecular complexity index is 510. The van der Waals surface area contributed by atoms with Gasteiger partial charge in [-0.1, -0.05) is 6.07 Å². The molecule has 0 spiro atoms. The van der Waals surface area contributed by atoms with E-state index in [1.54, 1.807) is 4.90 Å². The number of nitrogens with zero attached hydrogens (tertiary/aromatic N) is 2. The molecule has 1 heterocycles. The molecule has 0 unspecified atom stereocenters. The van der Waals surface area contributed by atoms with Gasteiger partial charge in [0.25, 0.3) is 0 Å². The lowest BCUT2D eigenvalue weighted by molar-refractivity contribution is -0.139. The van der Waals surface area contributed by atoms with Crippen molar-refractivity contribution in [3.05, 3.63) is 24.3 Å². The SMILES string of the molecule is CN(C)c1cccc(NC(=O)N2CC(CC(=O)O)C2)c1. The van der Waals surface area contributed by atoms with Crippen molar-refractivity contribution in [3.63, 3.8) is 0 Å². The van der Waals surface area contributed by atoms with Crippen molar-refractivity contribution in [2.24, 2.45) is 5.92 Å². The lowest BCUT2D eigenvalue weighted by atomic mass is 9.97. The summed E-state index contributed by atoms with van der Waals surface area (Å²) >= 11 is 0. The fourth-order valence-corrected chi connectivity index (χ4v) is 2.18. The first-order valence-corrected chi connectivity index (χ1v) is 6.51. The molecule has 0 aliphatic carbocycles. The van der Waals surface area contributed by atoms with Crippen LogP contribution in [0, 0.1) is 5.92 Å². The summed E-state index contributed by atoms with van der Waals surface area (Å²) in [5.41, 5.74) is 1.75. The molecule has 6 nitrogen and oxygen atoms in total. The van der Waals surface area contributed by atoms with E-state index in [2.05, 4.69) is 5.32 Å².